The van der Waals surface area contributed by atoms with Gasteiger partial charge in [0.25, 0.3) is 0 Å². The van der Waals surface area contributed by atoms with Crippen molar-refractivity contribution in [1.82, 2.24) is 5.32 Å². The Morgan fingerprint density at radius 3 is 2.47 bits per heavy atom. The maximum atomic E-state index is 11.6. The largest absolute Gasteiger partial charge is 0.481 e. The molecule has 4 N–H and O–H groups in total. The van der Waals surface area contributed by atoms with Crippen LogP contribution in [0.1, 0.15) is 33.1 Å². The van der Waals surface area contributed by atoms with Crippen molar-refractivity contribution in [3.63, 3.8) is 0 Å². The molecule has 0 radical (unpaired) electrons. The summed E-state index contributed by atoms with van der Waals surface area (Å²) in [5.41, 5.74) is 5.46. The van der Waals surface area contributed by atoms with Crippen molar-refractivity contribution in [1.29, 1.82) is 0 Å². The van der Waals surface area contributed by atoms with Crippen LogP contribution in [-0.4, -0.2) is 29.6 Å². The van der Waals surface area contributed by atoms with Crippen LogP contribution in [0.2, 0.25) is 0 Å². The lowest BCUT2D eigenvalue weighted by atomic mass is 10.0. The number of nitrogens with two attached hydrogens (primary N) is 1. The number of hydrogen-bond donors (Lipinski definition) is 3. The molecule has 5 heteroatoms. The summed E-state index contributed by atoms with van der Waals surface area (Å²) in [5, 5.41) is 11.2. The first-order valence-corrected chi connectivity index (χ1v) is 5.23. The number of carboxylic acids is 1. The number of hydrogen-bond acceptors (Lipinski definition) is 3. The Hall–Kier alpha value is -1.10. The molecular formula is C10H20N2O3. The number of aliphatic carboxylic acids is 1. The Balaban J connectivity index is 4.03. The highest BCUT2D eigenvalue weighted by Gasteiger charge is 2.18. The smallest absolute Gasteiger partial charge is 0.305 e. The van der Waals surface area contributed by atoms with Gasteiger partial charge in [-0.15, -0.1) is 0 Å². The third-order valence-corrected chi connectivity index (χ3v) is 2.16. The van der Waals surface area contributed by atoms with Crippen molar-refractivity contribution < 1.29 is 14.7 Å². The summed E-state index contributed by atoms with van der Waals surface area (Å²) in [6, 6.07) is -0.346. The zero-order valence-corrected chi connectivity index (χ0v) is 9.32. The fraction of sp³-hybridized carbons (Fsp3) is 0.800. The third kappa shape index (κ3) is 6.06. The molecule has 0 saturated heterocycles. The van der Waals surface area contributed by atoms with E-state index in [4.69, 9.17) is 10.8 Å². The lowest BCUT2D eigenvalue weighted by Crippen LogP contribution is -2.40. The van der Waals surface area contributed by atoms with E-state index in [1.807, 2.05) is 6.92 Å². The zero-order valence-electron chi connectivity index (χ0n) is 9.32. The van der Waals surface area contributed by atoms with Gasteiger partial charge in [0.15, 0.2) is 0 Å². The van der Waals surface area contributed by atoms with Crippen molar-refractivity contribution in [2.45, 2.75) is 39.2 Å². The van der Waals surface area contributed by atoms with Crippen molar-refractivity contribution in [2.75, 3.05) is 6.54 Å². The lowest BCUT2D eigenvalue weighted by molar-refractivity contribution is -0.137. The van der Waals surface area contributed by atoms with Gasteiger partial charge in [-0.05, 0) is 13.3 Å². The maximum Gasteiger partial charge on any atom is 0.305 e. The first kappa shape index (κ1) is 13.9. The molecule has 0 bridgehead atoms. The second-order valence-corrected chi connectivity index (χ2v) is 3.73. The van der Waals surface area contributed by atoms with Crippen LogP contribution in [0.4, 0.5) is 0 Å². The molecule has 2 unspecified atom stereocenters. The normalized spacial score (nSPS) is 14.3. The third-order valence-electron chi connectivity index (χ3n) is 2.16. The Kier molecular flexibility index (Phi) is 6.70. The van der Waals surface area contributed by atoms with Crippen LogP contribution in [-0.2, 0) is 9.59 Å². The molecule has 88 valence electrons. The molecule has 2 atom stereocenters. The molecule has 15 heavy (non-hydrogen) atoms. The van der Waals surface area contributed by atoms with Gasteiger partial charge in [0.2, 0.25) is 5.91 Å². The summed E-state index contributed by atoms with van der Waals surface area (Å²) >= 11 is 0. The van der Waals surface area contributed by atoms with Crippen LogP contribution >= 0.6 is 0 Å². The predicted octanol–water partition coefficient (Wildman–Crippen LogP) is 0.341. The van der Waals surface area contributed by atoms with Crippen LogP contribution in [0.15, 0.2) is 0 Å². The molecule has 0 spiro atoms. The number of carbonyl (C=O) groups excluding carboxylic acids is 1. The van der Waals surface area contributed by atoms with Gasteiger partial charge in [0.05, 0.1) is 12.3 Å². The number of nitrogens with one attached hydrogen (secondary N) is 1. The second-order valence-electron chi connectivity index (χ2n) is 3.73. The van der Waals surface area contributed by atoms with Crippen LogP contribution in [0.5, 0.6) is 0 Å². The van der Waals surface area contributed by atoms with Crippen molar-refractivity contribution in [2.24, 2.45) is 11.7 Å². The summed E-state index contributed by atoms with van der Waals surface area (Å²) in [4.78, 5) is 22.0. The molecule has 5 nitrogen and oxygen atoms in total. The summed E-state index contributed by atoms with van der Waals surface area (Å²) in [7, 11) is 0. The Morgan fingerprint density at radius 2 is 2.07 bits per heavy atom. The lowest BCUT2D eigenvalue weighted by Gasteiger charge is -2.17. The Bertz CT molecular complexity index is 219. The highest BCUT2D eigenvalue weighted by molar-refractivity contribution is 5.79. The first-order valence-electron chi connectivity index (χ1n) is 5.23. The predicted molar refractivity (Wildman–Crippen MR) is 57.3 cm³/mol. The van der Waals surface area contributed by atoms with Gasteiger partial charge >= 0.3 is 5.97 Å². The fourth-order valence-electron chi connectivity index (χ4n) is 1.38. The van der Waals surface area contributed by atoms with E-state index in [-0.39, 0.29) is 24.3 Å². The van der Waals surface area contributed by atoms with E-state index in [0.717, 1.165) is 12.8 Å². The average Bonchev–Trinajstić information content (AvgIpc) is 2.12. The standard InChI is InChI=1S/C10H20N2O3/c1-3-4-8(6-11)10(15)12-7(2)5-9(13)14/h7-8H,3-6,11H2,1-2H3,(H,12,15)(H,13,14). The molecule has 0 aromatic carbocycles. The maximum absolute atomic E-state index is 11.6. The number of carbonyl (C=O) groups is 2. The number of carboxylic acid groups (broad SMARTS) is 1. The van der Waals surface area contributed by atoms with Gasteiger partial charge in [-0.3, -0.25) is 9.59 Å². The van der Waals surface area contributed by atoms with E-state index < -0.39 is 5.97 Å². The minimum absolute atomic E-state index is 0.0604. The first-order chi connectivity index (χ1) is 7.01. The van der Waals surface area contributed by atoms with Crippen LogP contribution in [0.25, 0.3) is 0 Å². The highest BCUT2D eigenvalue weighted by Crippen LogP contribution is 2.05. The van der Waals surface area contributed by atoms with E-state index in [1.165, 1.54) is 0 Å². The molecule has 0 aliphatic carbocycles. The van der Waals surface area contributed by atoms with E-state index in [1.54, 1.807) is 6.92 Å². The summed E-state index contributed by atoms with van der Waals surface area (Å²) < 4.78 is 0. The van der Waals surface area contributed by atoms with Crippen LogP contribution in [0, 0.1) is 5.92 Å². The summed E-state index contributed by atoms with van der Waals surface area (Å²) in [5.74, 6) is -1.26. The number of amides is 1. The van der Waals surface area contributed by atoms with Crippen LogP contribution in [0.3, 0.4) is 0 Å². The molecule has 0 saturated carbocycles. The van der Waals surface area contributed by atoms with Gasteiger partial charge in [-0.1, -0.05) is 13.3 Å². The van der Waals surface area contributed by atoms with E-state index in [0.29, 0.717) is 6.54 Å². The molecular weight excluding hydrogens is 196 g/mol. The van der Waals surface area contributed by atoms with Crippen molar-refractivity contribution >= 4 is 11.9 Å². The number of rotatable bonds is 7. The summed E-state index contributed by atoms with van der Waals surface area (Å²) in [6.07, 6.45) is 1.57. The monoisotopic (exact) mass is 216 g/mol. The second kappa shape index (κ2) is 7.23. The van der Waals surface area contributed by atoms with Crippen molar-refractivity contribution in [3.8, 4) is 0 Å². The molecule has 0 aromatic heterocycles. The fourth-order valence-corrected chi connectivity index (χ4v) is 1.38. The van der Waals surface area contributed by atoms with E-state index in [9.17, 15) is 9.59 Å². The van der Waals surface area contributed by atoms with E-state index in [2.05, 4.69) is 5.32 Å². The SMILES string of the molecule is CCCC(CN)C(=O)NC(C)CC(=O)O. The zero-order chi connectivity index (χ0) is 11.8. The molecule has 1 amide bonds. The quantitative estimate of drug-likeness (QED) is 0.572. The molecule has 0 heterocycles. The topological polar surface area (TPSA) is 92.4 Å². The molecule has 0 rings (SSSR count). The molecule has 0 aromatic rings. The minimum Gasteiger partial charge on any atom is -0.481 e. The highest BCUT2D eigenvalue weighted by atomic mass is 16.4. The Morgan fingerprint density at radius 1 is 1.47 bits per heavy atom. The van der Waals surface area contributed by atoms with Gasteiger partial charge in [0, 0.05) is 12.6 Å². The average molecular weight is 216 g/mol. The van der Waals surface area contributed by atoms with Crippen molar-refractivity contribution in [3.05, 3.63) is 0 Å². The molecule has 0 aliphatic heterocycles. The van der Waals surface area contributed by atoms with Gasteiger partial charge in [0.1, 0.15) is 0 Å². The van der Waals surface area contributed by atoms with Crippen LogP contribution < -0.4 is 11.1 Å². The van der Waals surface area contributed by atoms with Gasteiger partial charge in [-0.25, -0.2) is 0 Å². The van der Waals surface area contributed by atoms with Gasteiger partial charge in [-0.2, -0.15) is 0 Å². The molecule has 0 aliphatic rings. The summed E-state index contributed by atoms with van der Waals surface area (Å²) in [6.45, 7) is 3.96. The minimum atomic E-state index is -0.914. The Labute approximate surface area is 90.0 Å². The molecule has 0 fully saturated rings. The van der Waals surface area contributed by atoms with Gasteiger partial charge < -0.3 is 16.2 Å². The van der Waals surface area contributed by atoms with E-state index >= 15 is 0 Å².